The molecule has 3 N–H and O–H groups in total. The predicted octanol–water partition coefficient (Wildman–Crippen LogP) is 3.51. The van der Waals surface area contributed by atoms with Crippen molar-refractivity contribution in [2.75, 3.05) is 13.1 Å². The number of hydrogen-bond acceptors (Lipinski definition) is 2. The molecule has 5 heteroatoms. The van der Waals surface area contributed by atoms with Gasteiger partial charge in [-0.25, -0.2) is 0 Å². The number of nitrogens with zero attached hydrogens (tertiary/aromatic N) is 2. The lowest BCUT2D eigenvalue weighted by Crippen LogP contribution is -2.33. The Morgan fingerprint density at radius 2 is 2.00 bits per heavy atom. The molecule has 0 aliphatic rings. The molecule has 0 atom stereocenters. The van der Waals surface area contributed by atoms with Gasteiger partial charge < -0.3 is 11.1 Å². The predicted molar refractivity (Wildman–Crippen MR) is 101 cm³/mol. The van der Waals surface area contributed by atoms with Crippen LogP contribution in [0.15, 0.2) is 29.5 Å². The Morgan fingerprint density at radius 3 is 2.71 bits per heavy atom. The fourth-order valence-electron chi connectivity index (χ4n) is 2.03. The molecule has 0 fully saturated rings. The topological polar surface area (TPSA) is 63.3 Å². The molecule has 21 heavy (non-hydrogen) atoms. The van der Waals surface area contributed by atoms with E-state index in [4.69, 9.17) is 5.73 Å². The highest BCUT2D eigenvalue weighted by atomic mass is 127. The summed E-state index contributed by atoms with van der Waals surface area (Å²) in [5.41, 5.74) is 7.04. The summed E-state index contributed by atoms with van der Waals surface area (Å²) >= 11 is 0. The van der Waals surface area contributed by atoms with Crippen LogP contribution in [-0.4, -0.2) is 24.0 Å². The average molecular weight is 404 g/mol. The number of pyridine rings is 1. The summed E-state index contributed by atoms with van der Waals surface area (Å²) in [5, 5.41) is 3.14. The van der Waals surface area contributed by atoms with E-state index in [0.717, 1.165) is 25.9 Å². The number of guanidine groups is 1. The van der Waals surface area contributed by atoms with E-state index in [1.807, 2.05) is 12.3 Å². The number of aromatic nitrogens is 1. The maximum atomic E-state index is 5.82. The van der Waals surface area contributed by atoms with E-state index in [1.54, 1.807) is 6.20 Å². The summed E-state index contributed by atoms with van der Waals surface area (Å²) in [6.45, 7) is 3.87. The van der Waals surface area contributed by atoms with Crippen molar-refractivity contribution in [3.05, 3.63) is 30.1 Å². The van der Waals surface area contributed by atoms with Crippen LogP contribution in [0.4, 0.5) is 0 Å². The fraction of sp³-hybridized carbons (Fsp3) is 0.625. The lowest BCUT2D eigenvalue weighted by atomic mass is 10.1. The van der Waals surface area contributed by atoms with Crippen molar-refractivity contribution in [3.8, 4) is 0 Å². The quantitative estimate of drug-likeness (QED) is 0.272. The van der Waals surface area contributed by atoms with E-state index in [9.17, 15) is 0 Å². The largest absolute Gasteiger partial charge is 0.370 e. The van der Waals surface area contributed by atoms with Gasteiger partial charge in [-0.05, 0) is 24.5 Å². The van der Waals surface area contributed by atoms with E-state index in [-0.39, 0.29) is 24.0 Å². The van der Waals surface area contributed by atoms with E-state index >= 15 is 0 Å². The first-order valence-corrected chi connectivity index (χ1v) is 7.75. The molecule has 0 saturated carbocycles. The lowest BCUT2D eigenvalue weighted by Gasteiger charge is -2.05. The maximum absolute atomic E-state index is 5.82. The summed E-state index contributed by atoms with van der Waals surface area (Å²) < 4.78 is 0. The van der Waals surface area contributed by atoms with Crippen LogP contribution in [0.3, 0.4) is 0 Å². The molecule has 0 unspecified atom stereocenters. The average Bonchev–Trinajstić information content (AvgIpc) is 2.47. The Labute approximate surface area is 146 Å². The Bertz CT molecular complexity index is 368. The molecule has 1 rings (SSSR count). The minimum Gasteiger partial charge on any atom is -0.370 e. The van der Waals surface area contributed by atoms with Crippen molar-refractivity contribution in [1.29, 1.82) is 0 Å². The van der Waals surface area contributed by atoms with Crippen molar-refractivity contribution < 1.29 is 0 Å². The molecule has 0 aromatic carbocycles. The molecule has 0 saturated heterocycles. The van der Waals surface area contributed by atoms with Gasteiger partial charge in [-0.2, -0.15) is 0 Å². The van der Waals surface area contributed by atoms with Gasteiger partial charge in [0, 0.05) is 25.5 Å². The van der Waals surface area contributed by atoms with Gasteiger partial charge in [0.25, 0.3) is 0 Å². The number of rotatable bonds is 10. The molecule has 0 aliphatic heterocycles. The maximum Gasteiger partial charge on any atom is 0.188 e. The summed E-state index contributed by atoms with van der Waals surface area (Å²) in [5.74, 6) is 0.558. The summed E-state index contributed by atoms with van der Waals surface area (Å²) in [6.07, 6.45) is 12.3. The summed E-state index contributed by atoms with van der Waals surface area (Å²) in [7, 11) is 0. The molecular weight excluding hydrogens is 375 g/mol. The third-order valence-electron chi connectivity index (χ3n) is 3.24. The van der Waals surface area contributed by atoms with Crippen molar-refractivity contribution >= 4 is 29.9 Å². The second-order valence-electron chi connectivity index (χ2n) is 5.07. The highest BCUT2D eigenvalue weighted by Gasteiger charge is 1.94. The minimum atomic E-state index is 0. The molecule has 0 bridgehead atoms. The summed E-state index contributed by atoms with van der Waals surface area (Å²) in [4.78, 5) is 8.43. The van der Waals surface area contributed by atoms with Gasteiger partial charge in [-0.1, -0.05) is 45.1 Å². The molecule has 120 valence electrons. The monoisotopic (exact) mass is 404 g/mol. The van der Waals surface area contributed by atoms with Gasteiger partial charge in [0.2, 0.25) is 0 Å². The van der Waals surface area contributed by atoms with Crippen LogP contribution >= 0.6 is 24.0 Å². The van der Waals surface area contributed by atoms with Crippen LogP contribution in [0.5, 0.6) is 0 Å². The number of aliphatic imine (C=N–C) groups is 1. The number of nitrogens with one attached hydrogen (secondary N) is 1. The molecule has 0 spiro atoms. The normalized spacial score (nSPS) is 11.0. The number of halogens is 1. The third-order valence-corrected chi connectivity index (χ3v) is 3.24. The van der Waals surface area contributed by atoms with E-state index in [2.05, 4.69) is 28.3 Å². The van der Waals surface area contributed by atoms with Gasteiger partial charge in [0.1, 0.15) is 0 Å². The van der Waals surface area contributed by atoms with Crippen LogP contribution in [0, 0.1) is 0 Å². The number of hydrogen-bond donors (Lipinski definition) is 2. The first kappa shape index (κ1) is 20.1. The van der Waals surface area contributed by atoms with Crippen molar-refractivity contribution in [2.45, 2.75) is 51.9 Å². The Hall–Kier alpha value is -0.850. The lowest BCUT2D eigenvalue weighted by molar-refractivity contribution is 0.611. The highest BCUT2D eigenvalue weighted by Crippen LogP contribution is 2.04. The molecule has 1 aromatic rings. The van der Waals surface area contributed by atoms with E-state index < -0.39 is 0 Å². The van der Waals surface area contributed by atoms with Crippen molar-refractivity contribution in [3.63, 3.8) is 0 Å². The van der Waals surface area contributed by atoms with Gasteiger partial charge in [-0.3, -0.25) is 9.98 Å². The minimum absolute atomic E-state index is 0. The number of unbranched alkanes of at least 4 members (excludes halogenated alkanes) is 5. The summed E-state index contributed by atoms with van der Waals surface area (Å²) in [6, 6.07) is 4.02. The zero-order valence-corrected chi connectivity index (χ0v) is 15.4. The van der Waals surface area contributed by atoms with Crippen LogP contribution in [0.1, 0.15) is 51.0 Å². The molecular formula is C16H29IN4. The van der Waals surface area contributed by atoms with Gasteiger partial charge >= 0.3 is 0 Å². The van der Waals surface area contributed by atoms with Gasteiger partial charge in [0.05, 0.1) is 0 Å². The number of nitrogens with two attached hydrogens (primary N) is 1. The second kappa shape index (κ2) is 14.1. The SMILES string of the molecule is CCCCCCCCN=C(N)NCCc1cccnc1.I. The molecule has 0 radical (unpaired) electrons. The zero-order chi connectivity index (χ0) is 14.5. The van der Waals surface area contributed by atoms with Crippen molar-refractivity contribution in [1.82, 2.24) is 10.3 Å². The van der Waals surface area contributed by atoms with Crippen molar-refractivity contribution in [2.24, 2.45) is 10.7 Å². The molecule has 0 amide bonds. The Balaban J connectivity index is 0.00000400. The second-order valence-corrected chi connectivity index (χ2v) is 5.07. The smallest absolute Gasteiger partial charge is 0.188 e. The Morgan fingerprint density at radius 1 is 1.24 bits per heavy atom. The van der Waals surface area contributed by atoms with Crippen LogP contribution in [-0.2, 0) is 6.42 Å². The highest BCUT2D eigenvalue weighted by molar-refractivity contribution is 14.0. The van der Waals surface area contributed by atoms with Gasteiger partial charge in [0.15, 0.2) is 5.96 Å². The Kier molecular flexibility index (Phi) is 13.5. The van der Waals surface area contributed by atoms with E-state index in [1.165, 1.54) is 37.7 Å². The van der Waals surface area contributed by atoms with Crippen LogP contribution in [0.25, 0.3) is 0 Å². The molecule has 4 nitrogen and oxygen atoms in total. The standard InChI is InChI=1S/C16H28N4.HI/c1-2-3-4-5-6-7-12-19-16(17)20-13-10-15-9-8-11-18-14-15;/h8-9,11,14H,2-7,10,12-13H2,1H3,(H3,17,19,20);1H. The van der Waals surface area contributed by atoms with Crippen LogP contribution in [0.2, 0.25) is 0 Å². The van der Waals surface area contributed by atoms with Crippen LogP contribution < -0.4 is 11.1 Å². The zero-order valence-electron chi connectivity index (χ0n) is 13.1. The first-order chi connectivity index (χ1) is 9.83. The molecule has 1 heterocycles. The fourth-order valence-corrected chi connectivity index (χ4v) is 2.03. The van der Waals surface area contributed by atoms with Gasteiger partial charge in [-0.15, -0.1) is 24.0 Å². The molecule has 0 aliphatic carbocycles. The third kappa shape index (κ3) is 11.5. The van der Waals surface area contributed by atoms with E-state index in [0.29, 0.717) is 5.96 Å². The first-order valence-electron chi connectivity index (χ1n) is 7.75. The molecule has 1 aromatic heterocycles.